The number of benzene rings is 5. The van der Waals surface area contributed by atoms with Gasteiger partial charge >= 0.3 is 0 Å². The van der Waals surface area contributed by atoms with E-state index in [1.54, 1.807) is 11.3 Å². The molecule has 4 heterocycles. The van der Waals surface area contributed by atoms with Gasteiger partial charge in [-0.05, 0) is 82.2 Å². The molecule has 0 atom stereocenters. The standard InChI is InChI=1S/C38H22N4S/c1-39-28-17-19-34-32(22-28)31-21-26(15-18-33(31)42(34)29-7-3-2-4-8-29)24-11-13-25(14-12-24)27-16-20-36-40-37-30-9-5-6-10-35(30)43-38(37)41(36)23-27/h2-23H. The molecule has 0 bridgehead atoms. The van der Waals surface area contributed by atoms with Gasteiger partial charge in [-0.2, -0.15) is 0 Å². The van der Waals surface area contributed by atoms with Crippen LogP contribution in [0.5, 0.6) is 0 Å². The van der Waals surface area contributed by atoms with Crippen LogP contribution in [0.3, 0.4) is 0 Å². The van der Waals surface area contributed by atoms with Crippen molar-refractivity contribution in [1.29, 1.82) is 0 Å². The zero-order valence-electron chi connectivity index (χ0n) is 22.9. The fraction of sp³-hybridized carbons (Fsp3) is 0. The van der Waals surface area contributed by atoms with E-state index in [1.165, 1.54) is 14.9 Å². The monoisotopic (exact) mass is 566 g/mol. The maximum atomic E-state index is 7.58. The Balaban J connectivity index is 1.14. The van der Waals surface area contributed by atoms with Gasteiger partial charge in [0.05, 0.1) is 17.6 Å². The Morgan fingerprint density at radius 3 is 2.09 bits per heavy atom. The number of hydrogen-bond acceptors (Lipinski definition) is 2. The van der Waals surface area contributed by atoms with Gasteiger partial charge in [-0.15, -0.1) is 11.3 Å². The van der Waals surface area contributed by atoms with E-state index in [1.807, 2.05) is 18.2 Å². The van der Waals surface area contributed by atoms with Crippen molar-refractivity contribution in [2.75, 3.05) is 0 Å². The average Bonchev–Trinajstić information content (AvgIpc) is 3.72. The Bertz CT molecular complexity index is 2560. The highest BCUT2D eigenvalue weighted by atomic mass is 32.1. The fourth-order valence-electron chi connectivity index (χ4n) is 6.29. The zero-order chi connectivity index (χ0) is 28.5. The molecule has 4 aromatic heterocycles. The van der Waals surface area contributed by atoms with Crippen molar-refractivity contribution in [2.24, 2.45) is 0 Å². The van der Waals surface area contributed by atoms with E-state index >= 15 is 0 Å². The topological polar surface area (TPSA) is 26.6 Å². The summed E-state index contributed by atoms with van der Waals surface area (Å²) in [5.74, 6) is 0. The lowest BCUT2D eigenvalue weighted by molar-refractivity contribution is 1.18. The summed E-state index contributed by atoms with van der Waals surface area (Å²) in [4.78, 5) is 9.81. The molecule has 5 heteroatoms. The molecule has 0 fully saturated rings. The van der Waals surface area contributed by atoms with Gasteiger partial charge in [-0.25, -0.2) is 9.83 Å². The third-order valence-corrected chi connectivity index (χ3v) is 9.53. The van der Waals surface area contributed by atoms with Gasteiger partial charge in [0.15, 0.2) is 5.69 Å². The van der Waals surface area contributed by atoms with Crippen LogP contribution < -0.4 is 0 Å². The predicted octanol–water partition coefficient (Wildman–Crippen LogP) is 10.7. The maximum absolute atomic E-state index is 7.58. The summed E-state index contributed by atoms with van der Waals surface area (Å²) >= 11 is 1.79. The number of para-hydroxylation sites is 1. The molecule has 0 spiro atoms. The largest absolute Gasteiger partial charge is 0.309 e. The first-order valence-electron chi connectivity index (χ1n) is 14.2. The Labute approximate surface area is 251 Å². The summed E-state index contributed by atoms with van der Waals surface area (Å²) < 4.78 is 5.76. The summed E-state index contributed by atoms with van der Waals surface area (Å²) in [6.45, 7) is 7.58. The molecule has 5 aromatic carbocycles. The number of fused-ring (bicyclic) bond motifs is 8. The molecule has 0 unspecified atom stereocenters. The molecule has 9 aromatic rings. The number of imidazole rings is 1. The van der Waals surface area contributed by atoms with Gasteiger partial charge in [0.25, 0.3) is 0 Å². The minimum atomic E-state index is 0.650. The number of thiophene rings is 1. The maximum Gasteiger partial charge on any atom is 0.188 e. The van der Waals surface area contributed by atoms with Crippen molar-refractivity contribution in [3.05, 3.63) is 145 Å². The van der Waals surface area contributed by atoms with Crippen molar-refractivity contribution >= 4 is 64.9 Å². The third kappa shape index (κ3) is 3.64. The van der Waals surface area contributed by atoms with Crippen LogP contribution in [0, 0.1) is 6.57 Å². The second-order valence-corrected chi connectivity index (χ2v) is 11.8. The summed E-state index contributed by atoms with van der Waals surface area (Å²) in [6.07, 6.45) is 2.20. The number of aromatic nitrogens is 3. The van der Waals surface area contributed by atoms with E-state index < -0.39 is 0 Å². The van der Waals surface area contributed by atoms with E-state index in [-0.39, 0.29) is 0 Å². The van der Waals surface area contributed by atoms with Gasteiger partial charge in [0.2, 0.25) is 0 Å². The molecule has 9 rings (SSSR count). The van der Waals surface area contributed by atoms with Crippen molar-refractivity contribution in [1.82, 2.24) is 14.0 Å². The van der Waals surface area contributed by atoms with Crippen molar-refractivity contribution in [2.45, 2.75) is 0 Å². The minimum Gasteiger partial charge on any atom is -0.309 e. The molecule has 4 nitrogen and oxygen atoms in total. The first-order valence-corrected chi connectivity index (χ1v) is 15.0. The number of hydrogen-bond donors (Lipinski definition) is 0. The number of pyridine rings is 1. The lowest BCUT2D eigenvalue weighted by atomic mass is 9.99. The first-order chi connectivity index (χ1) is 21.2. The van der Waals surface area contributed by atoms with Crippen LogP contribution in [0.1, 0.15) is 0 Å². The van der Waals surface area contributed by atoms with Crippen LogP contribution >= 0.6 is 11.3 Å². The first kappa shape index (κ1) is 24.0. The molecule has 43 heavy (non-hydrogen) atoms. The van der Waals surface area contributed by atoms with Crippen LogP contribution in [0.4, 0.5) is 5.69 Å². The van der Waals surface area contributed by atoms with E-state index in [2.05, 4.69) is 129 Å². The number of nitrogens with zero attached hydrogens (tertiary/aromatic N) is 4. The van der Waals surface area contributed by atoms with Crippen molar-refractivity contribution < 1.29 is 0 Å². The van der Waals surface area contributed by atoms with Crippen LogP contribution in [0.2, 0.25) is 0 Å². The highest BCUT2D eigenvalue weighted by Gasteiger charge is 2.15. The highest BCUT2D eigenvalue weighted by molar-refractivity contribution is 7.25. The highest BCUT2D eigenvalue weighted by Crippen LogP contribution is 2.38. The van der Waals surface area contributed by atoms with E-state index in [0.29, 0.717) is 5.69 Å². The quantitative estimate of drug-likeness (QED) is 0.195. The summed E-state index contributed by atoms with van der Waals surface area (Å²) in [5, 5.41) is 3.45. The van der Waals surface area contributed by atoms with Gasteiger partial charge in [-0.1, -0.05) is 72.8 Å². The Hall–Kier alpha value is -5.70. The fourth-order valence-corrected chi connectivity index (χ4v) is 7.42. The molecule has 0 aliphatic heterocycles. The molecule has 0 amide bonds. The van der Waals surface area contributed by atoms with Gasteiger partial charge in [0.1, 0.15) is 16.0 Å². The normalized spacial score (nSPS) is 11.7. The molecule has 0 radical (unpaired) electrons. The van der Waals surface area contributed by atoms with Crippen LogP contribution in [0.15, 0.2) is 134 Å². The molecule has 0 aliphatic rings. The van der Waals surface area contributed by atoms with E-state index in [9.17, 15) is 0 Å². The Morgan fingerprint density at radius 2 is 1.28 bits per heavy atom. The molecular weight excluding hydrogens is 545 g/mol. The lowest BCUT2D eigenvalue weighted by Crippen LogP contribution is -1.92. The van der Waals surface area contributed by atoms with E-state index in [0.717, 1.165) is 60.9 Å². The third-order valence-electron chi connectivity index (χ3n) is 8.37. The molecular formula is C38H22N4S. The average molecular weight is 567 g/mol. The smallest absolute Gasteiger partial charge is 0.188 e. The Kier molecular flexibility index (Phi) is 5.10. The van der Waals surface area contributed by atoms with Gasteiger partial charge in [0, 0.05) is 27.4 Å². The second kappa shape index (κ2) is 9.15. The summed E-state index contributed by atoms with van der Waals surface area (Å²) in [6, 6.07) is 44.6. The molecule has 0 N–H and O–H groups in total. The van der Waals surface area contributed by atoms with Gasteiger partial charge < -0.3 is 4.57 Å². The Morgan fingerprint density at radius 1 is 0.605 bits per heavy atom. The van der Waals surface area contributed by atoms with Crippen LogP contribution in [0.25, 0.3) is 80.7 Å². The summed E-state index contributed by atoms with van der Waals surface area (Å²) in [7, 11) is 0. The minimum absolute atomic E-state index is 0.650. The van der Waals surface area contributed by atoms with Crippen LogP contribution in [-0.2, 0) is 0 Å². The van der Waals surface area contributed by atoms with E-state index in [4.69, 9.17) is 11.6 Å². The predicted molar refractivity (Wildman–Crippen MR) is 180 cm³/mol. The van der Waals surface area contributed by atoms with Crippen LogP contribution in [-0.4, -0.2) is 14.0 Å². The molecule has 0 saturated carbocycles. The van der Waals surface area contributed by atoms with Crippen molar-refractivity contribution in [3.63, 3.8) is 0 Å². The zero-order valence-corrected chi connectivity index (χ0v) is 23.7. The van der Waals surface area contributed by atoms with Crippen molar-refractivity contribution in [3.8, 4) is 27.9 Å². The number of rotatable bonds is 3. The molecule has 0 aliphatic carbocycles. The molecule has 200 valence electrons. The lowest BCUT2D eigenvalue weighted by Gasteiger charge is -2.09. The van der Waals surface area contributed by atoms with Gasteiger partial charge in [-0.3, -0.25) is 4.40 Å². The second-order valence-electron chi connectivity index (χ2n) is 10.8. The summed E-state index contributed by atoms with van der Waals surface area (Å²) in [5.41, 5.74) is 10.7. The SMILES string of the molecule is [C-]#[N+]c1ccc2c(c1)c1cc(-c3ccc(-c4ccc5nc6c7ccccc7sc6n5c4)cc3)ccc1n2-c1ccccc1. The molecule has 0 saturated heterocycles.